The first-order chi connectivity index (χ1) is 4.77. The predicted molar refractivity (Wildman–Crippen MR) is 40.0 cm³/mol. The van der Waals surface area contributed by atoms with Crippen molar-refractivity contribution in [1.29, 1.82) is 0 Å². The van der Waals surface area contributed by atoms with Gasteiger partial charge >= 0.3 is 0 Å². The van der Waals surface area contributed by atoms with E-state index >= 15 is 0 Å². The third-order valence-electron chi connectivity index (χ3n) is 2.50. The van der Waals surface area contributed by atoms with Gasteiger partial charge in [0.1, 0.15) is 0 Å². The van der Waals surface area contributed by atoms with Crippen molar-refractivity contribution in [2.24, 2.45) is 5.92 Å². The minimum absolute atomic E-state index is 0.409. The normalized spacial score (nSPS) is 35.1. The zero-order valence-corrected chi connectivity index (χ0v) is 6.96. The van der Waals surface area contributed by atoms with Gasteiger partial charge in [0, 0.05) is 14.2 Å². The average Bonchev–Trinajstić information content (AvgIpc) is 1.85. The van der Waals surface area contributed by atoms with Gasteiger partial charge < -0.3 is 9.47 Å². The van der Waals surface area contributed by atoms with Crippen LogP contribution in [0.15, 0.2) is 0 Å². The number of hydrogen-bond donors (Lipinski definition) is 0. The summed E-state index contributed by atoms with van der Waals surface area (Å²) in [4.78, 5) is 0. The van der Waals surface area contributed by atoms with Crippen molar-refractivity contribution < 1.29 is 9.47 Å². The summed E-state index contributed by atoms with van der Waals surface area (Å²) >= 11 is 0. The molecule has 1 rings (SSSR count). The molecule has 2 heteroatoms. The van der Waals surface area contributed by atoms with Gasteiger partial charge in [0.15, 0.2) is 0 Å². The van der Waals surface area contributed by atoms with E-state index in [1.807, 2.05) is 0 Å². The first-order valence-corrected chi connectivity index (χ1v) is 3.83. The lowest BCUT2D eigenvalue weighted by atomic mass is 9.79. The molecule has 1 fully saturated rings. The summed E-state index contributed by atoms with van der Waals surface area (Å²) in [5, 5.41) is 0. The van der Waals surface area contributed by atoms with Crippen LogP contribution in [0.3, 0.4) is 0 Å². The maximum absolute atomic E-state index is 5.19. The third-order valence-corrected chi connectivity index (χ3v) is 2.50. The highest BCUT2D eigenvalue weighted by atomic mass is 16.5. The zero-order chi connectivity index (χ0) is 7.56. The van der Waals surface area contributed by atoms with Crippen molar-refractivity contribution in [3.63, 3.8) is 0 Å². The zero-order valence-electron chi connectivity index (χ0n) is 6.96. The summed E-state index contributed by atoms with van der Waals surface area (Å²) in [5.41, 5.74) is 0. The van der Waals surface area contributed by atoms with Crippen LogP contribution in [0.25, 0.3) is 0 Å². The van der Waals surface area contributed by atoms with Crippen LogP contribution in [0.4, 0.5) is 0 Å². The molecule has 1 aliphatic carbocycles. The molecule has 0 aliphatic heterocycles. The Morgan fingerprint density at radius 1 is 1.30 bits per heavy atom. The second-order valence-corrected chi connectivity index (χ2v) is 3.03. The van der Waals surface area contributed by atoms with Crippen LogP contribution in [0.1, 0.15) is 19.8 Å². The van der Waals surface area contributed by atoms with E-state index in [-0.39, 0.29) is 0 Å². The first-order valence-electron chi connectivity index (χ1n) is 3.83. The van der Waals surface area contributed by atoms with Crippen molar-refractivity contribution in [2.45, 2.75) is 32.0 Å². The van der Waals surface area contributed by atoms with E-state index in [9.17, 15) is 0 Å². The van der Waals surface area contributed by atoms with Gasteiger partial charge in [-0.3, -0.25) is 0 Å². The van der Waals surface area contributed by atoms with Gasteiger partial charge in [0.05, 0.1) is 12.2 Å². The van der Waals surface area contributed by atoms with Gasteiger partial charge in [-0.15, -0.1) is 0 Å². The molecule has 0 aromatic carbocycles. The van der Waals surface area contributed by atoms with Gasteiger partial charge in [-0.05, 0) is 25.7 Å². The van der Waals surface area contributed by atoms with E-state index in [0.717, 1.165) is 5.92 Å². The number of hydrogen-bond acceptors (Lipinski definition) is 2. The second kappa shape index (κ2) is 3.35. The molecule has 0 N–H and O–H groups in total. The van der Waals surface area contributed by atoms with Crippen molar-refractivity contribution in [2.75, 3.05) is 14.2 Å². The lowest BCUT2D eigenvalue weighted by Crippen LogP contribution is -2.37. The second-order valence-electron chi connectivity index (χ2n) is 3.03. The minimum atomic E-state index is 0.409. The lowest BCUT2D eigenvalue weighted by Gasteiger charge is -2.37. The highest BCUT2D eigenvalue weighted by Gasteiger charge is 2.32. The fourth-order valence-corrected chi connectivity index (χ4v) is 1.37. The molecule has 1 atom stereocenters. The molecule has 1 saturated carbocycles. The van der Waals surface area contributed by atoms with Crippen molar-refractivity contribution in [3.8, 4) is 0 Å². The monoisotopic (exact) mass is 144 g/mol. The van der Waals surface area contributed by atoms with Crippen molar-refractivity contribution >= 4 is 0 Å². The largest absolute Gasteiger partial charge is 0.381 e. The molecule has 0 amide bonds. The molecular weight excluding hydrogens is 128 g/mol. The van der Waals surface area contributed by atoms with Crippen LogP contribution in [-0.2, 0) is 9.47 Å². The Morgan fingerprint density at radius 3 is 2.30 bits per heavy atom. The predicted octanol–water partition coefficient (Wildman–Crippen LogP) is 1.45. The molecule has 1 unspecified atom stereocenters. The maximum atomic E-state index is 5.19. The summed E-state index contributed by atoms with van der Waals surface area (Å²) < 4.78 is 10.3. The minimum Gasteiger partial charge on any atom is -0.381 e. The van der Waals surface area contributed by atoms with Gasteiger partial charge in [-0.25, -0.2) is 0 Å². The Labute approximate surface area is 62.5 Å². The van der Waals surface area contributed by atoms with Gasteiger partial charge in [-0.1, -0.05) is 0 Å². The van der Waals surface area contributed by atoms with Gasteiger partial charge in [0.2, 0.25) is 0 Å². The Bertz CT molecular complexity index is 97.4. The van der Waals surface area contributed by atoms with E-state index in [2.05, 4.69) is 6.92 Å². The molecule has 1 aliphatic rings. The number of rotatable bonds is 3. The van der Waals surface area contributed by atoms with Crippen molar-refractivity contribution in [1.82, 2.24) is 0 Å². The van der Waals surface area contributed by atoms with Crippen LogP contribution in [0.2, 0.25) is 0 Å². The maximum Gasteiger partial charge on any atom is 0.0578 e. The Hall–Kier alpha value is -0.0800. The van der Waals surface area contributed by atoms with Crippen molar-refractivity contribution in [3.05, 3.63) is 0 Å². The third kappa shape index (κ3) is 1.50. The standard InChI is InChI=1S/C8H16O2/c1-6(9-2)7-4-8(5-7)10-3/h6-8H,4-5H2,1-3H3. The van der Waals surface area contributed by atoms with Crippen LogP contribution in [-0.4, -0.2) is 26.4 Å². The SMILES string of the molecule is COC1CC(C(C)OC)C1. The molecule has 0 heterocycles. The van der Waals surface area contributed by atoms with E-state index in [1.54, 1.807) is 14.2 Å². The molecule has 10 heavy (non-hydrogen) atoms. The van der Waals surface area contributed by atoms with Gasteiger partial charge in [0.25, 0.3) is 0 Å². The summed E-state index contributed by atoms with van der Waals surface area (Å²) in [6.07, 6.45) is 3.26. The average molecular weight is 144 g/mol. The van der Waals surface area contributed by atoms with Crippen LogP contribution >= 0.6 is 0 Å². The molecule has 0 aromatic heterocycles. The summed E-state index contributed by atoms with van der Waals surface area (Å²) in [6.45, 7) is 2.12. The quantitative estimate of drug-likeness (QED) is 0.596. The van der Waals surface area contributed by atoms with Gasteiger partial charge in [-0.2, -0.15) is 0 Å². The van der Waals surface area contributed by atoms with E-state index in [4.69, 9.17) is 9.47 Å². The number of ether oxygens (including phenoxy) is 2. The first kappa shape index (κ1) is 8.02. The Morgan fingerprint density at radius 2 is 1.90 bits per heavy atom. The lowest BCUT2D eigenvalue weighted by molar-refractivity contribution is -0.0573. The van der Waals surface area contributed by atoms with Crippen LogP contribution in [0, 0.1) is 5.92 Å². The smallest absolute Gasteiger partial charge is 0.0578 e. The van der Waals surface area contributed by atoms with E-state index in [0.29, 0.717) is 12.2 Å². The fourth-order valence-electron chi connectivity index (χ4n) is 1.37. The summed E-state index contributed by atoms with van der Waals surface area (Å²) in [5.74, 6) is 0.731. The van der Waals surface area contributed by atoms with E-state index in [1.165, 1.54) is 12.8 Å². The molecule has 0 bridgehead atoms. The number of methoxy groups -OCH3 is 2. The van der Waals surface area contributed by atoms with Crippen LogP contribution in [0.5, 0.6) is 0 Å². The molecule has 0 saturated heterocycles. The van der Waals surface area contributed by atoms with E-state index < -0.39 is 0 Å². The highest BCUT2D eigenvalue weighted by Crippen LogP contribution is 2.33. The summed E-state index contributed by atoms with van der Waals surface area (Å²) in [6, 6.07) is 0. The Balaban J connectivity index is 2.13. The topological polar surface area (TPSA) is 18.5 Å². The Kier molecular flexibility index (Phi) is 2.69. The summed E-state index contributed by atoms with van der Waals surface area (Å²) in [7, 11) is 3.54. The molecule has 60 valence electrons. The highest BCUT2D eigenvalue weighted by molar-refractivity contribution is 4.83. The fraction of sp³-hybridized carbons (Fsp3) is 1.00. The molecule has 2 nitrogen and oxygen atoms in total. The van der Waals surface area contributed by atoms with Crippen LogP contribution < -0.4 is 0 Å². The molecule has 0 spiro atoms. The molecular formula is C8H16O2. The molecule has 0 radical (unpaired) electrons. The molecule has 0 aromatic rings.